The van der Waals surface area contributed by atoms with Gasteiger partial charge in [-0.05, 0) is 18.8 Å². The summed E-state index contributed by atoms with van der Waals surface area (Å²) in [6, 6.07) is 0. The van der Waals surface area contributed by atoms with E-state index >= 15 is 0 Å². The smallest absolute Gasteiger partial charge is 0.188 e. The minimum absolute atomic E-state index is 0.145. The van der Waals surface area contributed by atoms with Crippen molar-refractivity contribution in [2.45, 2.75) is 32.1 Å². The Bertz CT molecular complexity index is 341. The van der Waals surface area contributed by atoms with E-state index < -0.39 is 0 Å². The predicted octanol–water partition coefficient (Wildman–Crippen LogP) is 2.04. The SMILES string of the molecule is CC(c1nn(C)c(N)c1F)C1CCC1. The van der Waals surface area contributed by atoms with E-state index in [0.29, 0.717) is 11.6 Å². The Hall–Kier alpha value is -1.06. The highest BCUT2D eigenvalue weighted by molar-refractivity contribution is 5.35. The van der Waals surface area contributed by atoms with Crippen molar-refractivity contribution in [3.05, 3.63) is 11.5 Å². The first-order valence-electron chi connectivity index (χ1n) is 5.09. The van der Waals surface area contributed by atoms with Crippen LogP contribution in [0.1, 0.15) is 37.8 Å². The predicted molar refractivity (Wildman–Crippen MR) is 53.3 cm³/mol. The van der Waals surface area contributed by atoms with Gasteiger partial charge in [0.15, 0.2) is 11.6 Å². The monoisotopic (exact) mass is 197 g/mol. The molecule has 1 aromatic rings. The van der Waals surface area contributed by atoms with Gasteiger partial charge in [0.05, 0.1) is 0 Å². The zero-order chi connectivity index (χ0) is 10.3. The van der Waals surface area contributed by atoms with Gasteiger partial charge in [-0.15, -0.1) is 0 Å². The molecule has 0 bridgehead atoms. The summed E-state index contributed by atoms with van der Waals surface area (Å²) in [5.41, 5.74) is 6.06. The van der Waals surface area contributed by atoms with Crippen LogP contribution in [0.4, 0.5) is 10.2 Å². The van der Waals surface area contributed by atoms with Gasteiger partial charge in [0.2, 0.25) is 0 Å². The average Bonchev–Trinajstić information content (AvgIpc) is 2.30. The zero-order valence-electron chi connectivity index (χ0n) is 8.63. The number of hydrogen-bond donors (Lipinski definition) is 1. The second kappa shape index (κ2) is 3.26. The van der Waals surface area contributed by atoms with Crippen LogP contribution in [-0.4, -0.2) is 9.78 Å². The normalized spacial score (nSPS) is 19.4. The van der Waals surface area contributed by atoms with Crippen molar-refractivity contribution in [1.29, 1.82) is 0 Å². The third kappa shape index (κ3) is 1.29. The molecule has 14 heavy (non-hydrogen) atoms. The number of nitrogens with zero attached hydrogens (tertiary/aromatic N) is 2. The Morgan fingerprint density at radius 3 is 2.57 bits per heavy atom. The van der Waals surface area contributed by atoms with E-state index in [1.54, 1.807) is 7.05 Å². The Labute approximate surface area is 83.1 Å². The molecular formula is C10H16FN3. The van der Waals surface area contributed by atoms with Crippen LogP contribution < -0.4 is 5.73 Å². The van der Waals surface area contributed by atoms with Crippen LogP contribution in [0.5, 0.6) is 0 Å². The molecule has 3 nitrogen and oxygen atoms in total. The maximum Gasteiger partial charge on any atom is 0.188 e. The summed E-state index contributed by atoms with van der Waals surface area (Å²) in [4.78, 5) is 0. The molecule has 1 atom stereocenters. The lowest BCUT2D eigenvalue weighted by Gasteiger charge is -2.30. The number of anilines is 1. The Morgan fingerprint density at radius 1 is 1.57 bits per heavy atom. The zero-order valence-corrected chi connectivity index (χ0v) is 8.63. The van der Waals surface area contributed by atoms with Crippen molar-refractivity contribution >= 4 is 5.82 Å². The van der Waals surface area contributed by atoms with Crippen molar-refractivity contribution in [2.24, 2.45) is 13.0 Å². The fourth-order valence-corrected chi connectivity index (χ4v) is 1.99. The molecule has 0 aromatic carbocycles. The fraction of sp³-hybridized carbons (Fsp3) is 0.700. The second-order valence-electron chi connectivity index (χ2n) is 4.19. The summed E-state index contributed by atoms with van der Waals surface area (Å²) in [6.07, 6.45) is 3.65. The minimum Gasteiger partial charge on any atom is -0.381 e. The molecule has 1 aliphatic rings. The molecule has 2 rings (SSSR count). The highest BCUT2D eigenvalue weighted by Gasteiger charge is 2.29. The molecule has 1 aliphatic carbocycles. The summed E-state index contributed by atoms with van der Waals surface area (Å²) >= 11 is 0. The molecule has 1 heterocycles. The number of aryl methyl sites for hydroxylation is 1. The van der Waals surface area contributed by atoms with E-state index in [0.717, 1.165) is 0 Å². The summed E-state index contributed by atoms with van der Waals surface area (Å²) < 4.78 is 15.0. The van der Waals surface area contributed by atoms with Gasteiger partial charge >= 0.3 is 0 Å². The third-order valence-electron chi connectivity index (χ3n) is 3.34. The molecule has 2 N–H and O–H groups in total. The van der Waals surface area contributed by atoms with E-state index in [2.05, 4.69) is 5.10 Å². The summed E-state index contributed by atoms with van der Waals surface area (Å²) in [5, 5.41) is 4.13. The molecule has 0 spiro atoms. The van der Waals surface area contributed by atoms with Crippen LogP contribution >= 0.6 is 0 Å². The largest absolute Gasteiger partial charge is 0.381 e. The molecule has 0 amide bonds. The van der Waals surface area contributed by atoms with Gasteiger partial charge in [0.1, 0.15) is 5.69 Å². The summed E-state index contributed by atoms with van der Waals surface area (Å²) in [6.45, 7) is 2.04. The molecule has 78 valence electrons. The van der Waals surface area contributed by atoms with Crippen LogP contribution in [0.15, 0.2) is 0 Å². The Balaban J connectivity index is 2.26. The average molecular weight is 197 g/mol. The maximum atomic E-state index is 13.6. The van der Waals surface area contributed by atoms with E-state index in [1.807, 2.05) is 6.92 Å². The molecule has 4 heteroatoms. The van der Waals surface area contributed by atoms with Crippen molar-refractivity contribution in [2.75, 3.05) is 5.73 Å². The number of rotatable bonds is 2. The number of aromatic nitrogens is 2. The lowest BCUT2D eigenvalue weighted by molar-refractivity contribution is 0.264. The van der Waals surface area contributed by atoms with E-state index in [4.69, 9.17) is 5.73 Å². The Morgan fingerprint density at radius 2 is 2.21 bits per heavy atom. The highest BCUT2D eigenvalue weighted by atomic mass is 19.1. The molecule has 1 unspecified atom stereocenters. The first-order valence-corrected chi connectivity index (χ1v) is 5.09. The molecule has 1 fully saturated rings. The first-order chi connectivity index (χ1) is 6.61. The standard InChI is InChI=1S/C10H16FN3/c1-6(7-4-3-5-7)9-8(11)10(12)14(2)13-9/h6-7H,3-5,12H2,1-2H3. The van der Waals surface area contributed by atoms with Gasteiger partial charge in [-0.2, -0.15) is 5.10 Å². The molecule has 0 saturated heterocycles. The quantitative estimate of drug-likeness (QED) is 0.788. The highest BCUT2D eigenvalue weighted by Crippen LogP contribution is 2.39. The van der Waals surface area contributed by atoms with Gasteiger partial charge in [0.25, 0.3) is 0 Å². The second-order valence-corrected chi connectivity index (χ2v) is 4.19. The van der Waals surface area contributed by atoms with Gasteiger partial charge in [-0.25, -0.2) is 4.39 Å². The minimum atomic E-state index is -0.327. The van der Waals surface area contributed by atoms with Gasteiger partial charge < -0.3 is 5.73 Å². The van der Waals surface area contributed by atoms with E-state index in [1.165, 1.54) is 23.9 Å². The van der Waals surface area contributed by atoms with Gasteiger partial charge in [-0.3, -0.25) is 4.68 Å². The summed E-state index contributed by atoms with van der Waals surface area (Å²) in [7, 11) is 1.68. The van der Waals surface area contributed by atoms with Gasteiger partial charge in [-0.1, -0.05) is 13.3 Å². The van der Waals surface area contributed by atoms with Crippen molar-refractivity contribution in [3.63, 3.8) is 0 Å². The number of nitrogen functional groups attached to an aromatic ring is 1. The lowest BCUT2D eigenvalue weighted by atomic mass is 9.75. The molecular weight excluding hydrogens is 181 g/mol. The van der Waals surface area contributed by atoms with Crippen LogP contribution in [0, 0.1) is 11.7 Å². The molecule has 0 aliphatic heterocycles. The van der Waals surface area contributed by atoms with Crippen LogP contribution in [0.2, 0.25) is 0 Å². The third-order valence-corrected chi connectivity index (χ3v) is 3.34. The number of hydrogen-bond acceptors (Lipinski definition) is 2. The van der Waals surface area contributed by atoms with Crippen molar-refractivity contribution in [1.82, 2.24) is 9.78 Å². The topological polar surface area (TPSA) is 43.8 Å². The van der Waals surface area contributed by atoms with Gasteiger partial charge in [0, 0.05) is 13.0 Å². The lowest BCUT2D eigenvalue weighted by Crippen LogP contribution is -2.19. The molecule has 1 saturated carbocycles. The van der Waals surface area contributed by atoms with E-state index in [-0.39, 0.29) is 17.6 Å². The fourth-order valence-electron chi connectivity index (χ4n) is 1.99. The number of nitrogens with two attached hydrogens (primary N) is 1. The van der Waals surface area contributed by atoms with Crippen molar-refractivity contribution < 1.29 is 4.39 Å². The summed E-state index contributed by atoms with van der Waals surface area (Å²) in [5.74, 6) is 0.615. The molecule has 1 aromatic heterocycles. The van der Waals surface area contributed by atoms with Crippen LogP contribution in [0.3, 0.4) is 0 Å². The molecule has 0 radical (unpaired) electrons. The van der Waals surface area contributed by atoms with Crippen molar-refractivity contribution in [3.8, 4) is 0 Å². The maximum absolute atomic E-state index is 13.6. The van der Waals surface area contributed by atoms with Crippen LogP contribution in [0.25, 0.3) is 0 Å². The van der Waals surface area contributed by atoms with E-state index in [9.17, 15) is 4.39 Å². The first kappa shape index (κ1) is 9.49. The van der Waals surface area contributed by atoms with Crippen LogP contribution in [-0.2, 0) is 7.05 Å². The Kier molecular flexibility index (Phi) is 2.21. The number of halogens is 1.